The van der Waals surface area contributed by atoms with E-state index in [2.05, 4.69) is 9.64 Å². The Hall–Kier alpha value is -2.67. The van der Waals surface area contributed by atoms with Crippen LogP contribution in [0.3, 0.4) is 0 Å². The molecule has 2 amide bonds. The lowest BCUT2D eigenvalue weighted by atomic mass is 10.1. The van der Waals surface area contributed by atoms with Crippen molar-refractivity contribution in [3.63, 3.8) is 0 Å². The van der Waals surface area contributed by atoms with E-state index >= 15 is 0 Å². The number of ether oxygens (including phenoxy) is 1. The molecule has 30 heavy (non-hydrogen) atoms. The largest absolute Gasteiger partial charge is 0.465 e. The van der Waals surface area contributed by atoms with Gasteiger partial charge >= 0.3 is 5.97 Å². The van der Waals surface area contributed by atoms with Crippen molar-refractivity contribution in [2.24, 2.45) is 0 Å². The molecule has 0 N–H and O–H groups in total. The van der Waals surface area contributed by atoms with Gasteiger partial charge in [-0.25, -0.2) is 4.79 Å². The predicted molar refractivity (Wildman–Crippen MR) is 115 cm³/mol. The molecule has 2 saturated heterocycles. The first kappa shape index (κ1) is 22.0. The van der Waals surface area contributed by atoms with Crippen LogP contribution >= 0.6 is 0 Å². The van der Waals surface area contributed by atoms with Gasteiger partial charge in [-0.2, -0.15) is 0 Å². The lowest BCUT2D eigenvalue weighted by Crippen LogP contribution is -2.51. The van der Waals surface area contributed by atoms with E-state index in [0.29, 0.717) is 38.3 Å². The quantitative estimate of drug-likeness (QED) is 0.546. The van der Waals surface area contributed by atoms with Crippen LogP contribution in [0.15, 0.2) is 30.3 Å². The fourth-order valence-electron chi connectivity index (χ4n) is 3.86. The molecule has 0 atom stereocenters. The summed E-state index contributed by atoms with van der Waals surface area (Å²) in [5.41, 5.74) is 1.32. The summed E-state index contributed by atoms with van der Waals surface area (Å²) >= 11 is 0. The van der Waals surface area contributed by atoms with Crippen molar-refractivity contribution < 1.29 is 19.1 Å². The maximum Gasteiger partial charge on any atom is 0.337 e. The van der Waals surface area contributed by atoms with Crippen LogP contribution in [0, 0.1) is 0 Å². The number of hydrogen-bond donors (Lipinski definition) is 0. The highest BCUT2D eigenvalue weighted by Gasteiger charge is 2.23. The zero-order valence-electron chi connectivity index (χ0n) is 17.7. The van der Waals surface area contributed by atoms with E-state index in [4.69, 9.17) is 0 Å². The number of piperazine rings is 1. The number of benzene rings is 1. The minimum absolute atomic E-state index is 0.0365. The van der Waals surface area contributed by atoms with Crippen LogP contribution in [-0.2, 0) is 14.3 Å². The maximum absolute atomic E-state index is 12.5. The highest BCUT2D eigenvalue weighted by atomic mass is 16.5. The van der Waals surface area contributed by atoms with E-state index in [1.54, 1.807) is 36.4 Å². The van der Waals surface area contributed by atoms with Crippen LogP contribution < -0.4 is 0 Å². The zero-order chi connectivity index (χ0) is 21.3. The van der Waals surface area contributed by atoms with Gasteiger partial charge in [0.25, 0.3) is 0 Å². The molecule has 0 aromatic heterocycles. The highest BCUT2D eigenvalue weighted by molar-refractivity contribution is 5.92. The molecule has 0 radical (unpaired) electrons. The first-order valence-corrected chi connectivity index (χ1v) is 10.7. The molecule has 2 aliphatic rings. The highest BCUT2D eigenvalue weighted by Crippen LogP contribution is 2.12. The molecule has 2 heterocycles. The topological polar surface area (TPSA) is 70.2 Å². The van der Waals surface area contributed by atoms with Crippen molar-refractivity contribution in [1.82, 2.24) is 14.7 Å². The molecule has 3 rings (SSSR count). The number of nitrogens with zero attached hydrogens (tertiary/aromatic N) is 3. The van der Waals surface area contributed by atoms with E-state index in [9.17, 15) is 14.4 Å². The number of amides is 2. The first-order valence-electron chi connectivity index (χ1n) is 10.7. The molecule has 1 aromatic rings. The number of hydrogen-bond acceptors (Lipinski definition) is 5. The summed E-state index contributed by atoms with van der Waals surface area (Å²) in [7, 11) is 1.35. The summed E-state index contributed by atoms with van der Waals surface area (Å²) < 4.78 is 4.68. The third-order valence-corrected chi connectivity index (χ3v) is 5.75. The second kappa shape index (κ2) is 10.9. The van der Waals surface area contributed by atoms with E-state index in [-0.39, 0.29) is 17.8 Å². The molecular weight excluding hydrogens is 382 g/mol. The number of likely N-dealkylation sites (tertiary alicyclic amines) is 1. The normalized spacial score (nSPS) is 18.3. The fraction of sp³-hybridized carbons (Fsp3) is 0.522. The second-order valence-corrected chi connectivity index (χ2v) is 7.84. The van der Waals surface area contributed by atoms with E-state index in [1.807, 2.05) is 9.80 Å². The van der Waals surface area contributed by atoms with Crippen LogP contribution in [0.2, 0.25) is 0 Å². The molecule has 0 aliphatic carbocycles. The zero-order valence-corrected chi connectivity index (χ0v) is 17.7. The molecule has 0 saturated carbocycles. The molecule has 162 valence electrons. The van der Waals surface area contributed by atoms with Gasteiger partial charge in [0, 0.05) is 45.3 Å². The van der Waals surface area contributed by atoms with Gasteiger partial charge in [-0.15, -0.1) is 0 Å². The van der Waals surface area contributed by atoms with Crippen LogP contribution in [0.1, 0.15) is 41.6 Å². The van der Waals surface area contributed by atoms with Crippen LogP contribution in [0.5, 0.6) is 0 Å². The molecule has 0 spiro atoms. The Morgan fingerprint density at radius 2 is 1.50 bits per heavy atom. The smallest absolute Gasteiger partial charge is 0.337 e. The summed E-state index contributed by atoms with van der Waals surface area (Å²) in [6.07, 6.45) is 7.95. The fourth-order valence-corrected chi connectivity index (χ4v) is 3.86. The van der Waals surface area contributed by atoms with Gasteiger partial charge in [-0.05, 0) is 36.6 Å². The van der Waals surface area contributed by atoms with Crippen LogP contribution in [-0.4, -0.2) is 85.4 Å². The molecule has 0 bridgehead atoms. The van der Waals surface area contributed by atoms with Crippen molar-refractivity contribution in [2.75, 3.05) is 52.9 Å². The van der Waals surface area contributed by atoms with Crippen molar-refractivity contribution in [2.45, 2.75) is 25.7 Å². The van der Waals surface area contributed by atoms with Crippen LogP contribution in [0.4, 0.5) is 0 Å². The third-order valence-electron chi connectivity index (χ3n) is 5.75. The van der Waals surface area contributed by atoms with Gasteiger partial charge < -0.3 is 14.5 Å². The van der Waals surface area contributed by atoms with Crippen molar-refractivity contribution in [1.29, 1.82) is 0 Å². The number of rotatable bonds is 5. The molecule has 7 heteroatoms. The molecule has 1 aromatic carbocycles. The van der Waals surface area contributed by atoms with Gasteiger partial charge in [-0.1, -0.05) is 25.0 Å². The lowest BCUT2D eigenvalue weighted by molar-refractivity contribution is -0.133. The van der Waals surface area contributed by atoms with Gasteiger partial charge in [0.05, 0.1) is 19.2 Å². The second-order valence-electron chi connectivity index (χ2n) is 7.84. The summed E-state index contributed by atoms with van der Waals surface area (Å²) in [6, 6.07) is 6.91. The van der Waals surface area contributed by atoms with Crippen LogP contribution in [0.25, 0.3) is 6.08 Å². The van der Waals surface area contributed by atoms with E-state index in [0.717, 1.165) is 31.5 Å². The monoisotopic (exact) mass is 413 g/mol. The Morgan fingerprint density at radius 1 is 0.867 bits per heavy atom. The summed E-state index contributed by atoms with van der Waals surface area (Å²) in [6.45, 7) is 4.88. The Kier molecular flexibility index (Phi) is 8.02. The number of methoxy groups -OCH3 is 1. The molecule has 2 aliphatic heterocycles. The van der Waals surface area contributed by atoms with Crippen molar-refractivity contribution in [3.05, 3.63) is 41.5 Å². The number of esters is 1. The Morgan fingerprint density at radius 3 is 2.10 bits per heavy atom. The average Bonchev–Trinajstić information content (AvgIpc) is 3.07. The maximum atomic E-state index is 12.5. The number of carbonyl (C=O) groups is 3. The molecular formula is C23H31N3O4. The Labute approximate surface area is 178 Å². The molecule has 2 fully saturated rings. The van der Waals surface area contributed by atoms with Crippen molar-refractivity contribution in [3.8, 4) is 0 Å². The minimum atomic E-state index is -0.381. The average molecular weight is 414 g/mol. The lowest BCUT2D eigenvalue weighted by Gasteiger charge is -2.34. The Balaban J connectivity index is 1.44. The van der Waals surface area contributed by atoms with Gasteiger partial charge in [0.15, 0.2) is 0 Å². The Bertz CT molecular complexity index is 759. The first-order chi connectivity index (χ1) is 14.6. The summed E-state index contributed by atoms with van der Waals surface area (Å²) in [5, 5.41) is 0. The minimum Gasteiger partial charge on any atom is -0.465 e. The molecule has 0 unspecified atom stereocenters. The third kappa shape index (κ3) is 6.16. The number of carbonyl (C=O) groups excluding carboxylic acids is 3. The van der Waals surface area contributed by atoms with Gasteiger partial charge in [0.2, 0.25) is 11.8 Å². The van der Waals surface area contributed by atoms with Gasteiger partial charge in [0.1, 0.15) is 0 Å². The van der Waals surface area contributed by atoms with E-state index in [1.165, 1.54) is 20.0 Å². The SMILES string of the molecule is COC(=O)c1ccc(/C=C/C(=O)N2CCN(CC(=O)N3CCCCCC3)CC2)cc1. The van der Waals surface area contributed by atoms with E-state index < -0.39 is 0 Å². The summed E-state index contributed by atoms with van der Waals surface area (Å²) in [4.78, 5) is 42.4. The summed E-state index contributed by atoms with van der Waals surface area (Å²) in [5.74, 6) is -0.202. The standard InChI is InChI=1S/C23H31N3O4/c1-30-23(29)20-9-6-19(7-10-20)8-11-21(27)26-16-14-24(15-17-26)18-22(28)25-12-4-2-3-5-13-25/h6-11H,2-5,12-18H2,1H3/b11-8+. The molecule has 7 nitrogen and oxygen atoms in total. The predicted octanol–water partition coefficient (Wildman–Crippen LogP) is 2.03. The van der Waals surface area contributed by atoms with Gasteiger partial charge in [-0.3, -0.25) is 14.5 Å². The van der Waals surface area contributed by atoms with Crippen molar-refractivity contribution >= 4 is 23.9 Å².